The fourth-order valence-electron chi connectivity index (χ4n) is 2.53. The average Bonchev–Trinajstić information content (AvgIpc) is 2.52. The van der Waals surface area contributed by atoms with Crippen LogP contribution in [0, 0.1) is 0 Å². The van der Waals surface area contributed by atoms with E-state index in [9.17, 15) is 9.18 Å². The number of likely N-dealkylation sites (tertiary alicyclic amines) is 1. The molecule has 0 bridgehead atoms. The summed E-state index contributed by atoms with van der Waals surface area (Å²) < 4.78 is 17.8. The number of hydrogen-bond donors (Lipinski definition) is 2. The molecule has 2 rings (SSSR count). The van der Waals surface area contributed by atoms with Gasteiger partial charge in [0, 0.05) is 19.1 Å². The molecule has 0 saturated carbocycles. The molecule has 0 aromatic heterocycles. The number of halogens is 1. The SMILES string of the molecule is O=C(O)N1CC[C@H](NCc2ccccc2)[C@H](OCCF)C1. The fraction of sp³-hybridized carbons (Fsp3) is 0.533. The molecular formula is C15H21FN2O3. The number of carboxylic acid groups (broad SMARTS) is 1. The summed E-state index contributed by atoms with van der Waals surface area (Å²) in [6.45, 7) is 0.879. The second-order valence-corrected chi connectivity index (χ2v) is 5.09. The Bertz CT molecular complexity index is 444. The summed E-state index contributed by atoms with van der Waals surface area (Å²) in [4.78, 5) is 12.4. The van der Waals surface area contributed by atoms with Crippen molar-refractivity contribution in [2.45, 2.75) is 25.1 Å². The molecule has 6 heteroatoms. The van der Waals surface area contributed by atoms with E-state index in [1.807, 2.05) is 30.3 Å². The van der Waals surface area contributed by atoms with E-state index < -0.39 is 12.8 Å². The number of piperidine rings is 1. The van der Waals surface area contributed by atoms with Crippen LogP contribution in [-0.4, -0.2) is 54.6 Å². The molecule has 1 aliphatic rings. The van der Waals surface area contributed by atoms with Crippen LogP contribution in [0.1, 0.15) is 12.0 Å². The van der Waals surface area contributed by atoms with Crippen LogP contribution < -0.4 is 5.32 Å². The number of ether oxygens (including phenoxy) is 1. The van der Waals surface area contributed by atoms with Crippen LogP contribution in [-0.2, 0) is 11.3 Å². The van der Waals surface area contributed by atoms with E-state index in [0.29, 0.717) is 19.5 Å². The number of alkyl halides is 1. The molecule has 1 aromatic carbocycles. The van der Waals surface area contributed by atoms with E-state index in [-0.39, 0.29) is 25.3 Å². The van der Waals surface area contributed by atoms with Crippen LogP contribution in [0.2, 0.25) is 0 Å². The van der Waals surface area contributed by atoms with Gasteiger partial charge in [-0.2, -0.15) is 0 Å². The Labute approximate surface area is 123 Å². The number of amides is 1. The zero-order chi connectivity index (χ0) is 15.1. The number of nitrogens with one attached hydrogen (secondary N) is 1. The number of benzene rings is 1. The van der Waals surface area contributed by atoms with Crippen molar-refractivity contribution in [2.75, 3.05) is 26.4 Å². The van der Waals surface area contributed by atoms with Crippen molar-refractivity contribution >= 4 is 6.09 Å². The summed E-state index contributed by atoms with van der Waals surface area (Å²) in [6.07, 6.45) is -0.601. The van der Waals surface area contributed by atoms with Crippen LogP contribution in [0.4, 0.5) is 9.18 Å². The lowest BCUT2D eigenvalue weighted by Gasteiger charge is -2.37. The van der Waals surface area contributed by atoms with Crippen molar-refractivity contribution in [3.8, 4) is 0 Å². The maximum atomic E-state index is 12.3. The molecule has 2 atom stereocenters. The molecule has 1 saturated heterocycles. The van der Waals surface area contributed by atoms with Gasteiger partial charge in [-0.05, 0) is 12.0 Å². The first-order chi connectivity index (χ1) is 10.2. The summed E-state index contributed by atoms with van der Waals surface area (Å²) in [5.41, 5.74) is 1.16. The molecule has 1 fully saturated rings. The average molecular weight is 296 g/mol. The molecule has 1 aromatic rings. The lowest BCUT2D eigenvalue weighted by molar-refractivity contribution is -0.0222. The predicted molar refractivity (Wildman–Crippen MR) is 77.0 cm³/mol. The molecule has 0 radical (unpaired) electrons. The Morgan fingerprint density at radius 2 is 2.19 bits per heavy atom. The minimum Gasteiger partial charge on any atom is -0.465 e. The Morgan fingerprint density at radius 3 is 2.86 bits per heavy atom. The first-order valence-corrected chi connectivity index (χ1v) is 7.13. The molecule has 1 heterocycles. The molecule has 21 heavy (non-hydrogen) atoms. The van der Waals surface area contributed by atoms with Gasteiger partial charge < -0.3 is 20.1 Å². The van der Waals surface area contributed by atoms with Crippen molar-refractivity contribution in [1.29, 1.82) is 0 Å². The number of nitrogens with zero attached hydrogens (tertiary/aromatic N) is 1. The molecule has 0 aliphatic carbocycles. The summed E-state index contributed by atoms with van der Waals surface area (Å²) >= 11 is 0. The van der Waals surface area contributed by atoms with E-state index in [1.165, 1.54) is 4.90 Å². The minimum atomic E-state index is -0.953. The minimum absolute atomic E-state index is 0.00163. The van der Waals surface area contributed by atoms with Gasteiger partial charge in [-0.15, -0.1) is 0 Å². The van der Waals surface area contributed by atoms with Gasteiger partial charge in [-0.3, -0.25) is 0 Å². The van der Waals surface area contributed by atoms with Gasteiger partial charge in [-0.25, -0.2) is 9.18 Å². The smallest absolute Gasteiger partial charge is 0.407 e. The highest BCUT2D eigenvalue weighted by Crippen LogP contribution is 2.15. The Balaban J connectivity index is 1.91. The van der Waals surface area contributed by atoms with Gasteiger partial charge in [0.2, 0.25) is 0 Å². The maximum absolute atomic E-state index is 12.3. The van der Waals surface area contributed by atoms with E-state index >= 15 is 0 Å². The van der Waals surface area contributed by atoms with Gasteiger partial charge in [0.1, 0.15) is 6.67 Å². The fourth-order valence-corrected chi connectivity index (χ4v) is 2.53. The third-order valence-corrected chi connectivity index (χ3v) is 3.65. The van der Waals surface area contributed by atoms with Gasteiger partial charge in [0.05, 0.1) is 19.3 Å². The third-order valence-electron chi connectivity index (χ3n) is 3.65. The first-order valence-electron chi connectivity index (χ1n) is 7.13. The van der Waals surface area contributed by atoms with Gasteiger partial charge in [0.15, 0.2) is 0 Å². The van der Waals surface area contributed by atoms with Crippen molar-refractivity contribution in [2.24, 2.45) is 0 Å². The van der Waals surface area contributed by atoms with Crippen molar-refractivity contribution < 1.29 is 19.0 Å². The monoisotopic (exact) mass is 296 g/mol. The van der Waals surface area contributed by atoms with Crippen LogP contribution in [0.3, 0.4) is 0 Å². The van der Waals surface area contributed by atoms with E-state index in [0.717, 1.165) is 5.56 Å². The predicted octanol–water partition coefficient (Wildman–Crippen LogP) is 1.88. The molecule has 5 nitrogen and oxygen atoms in total. The van der Waals surface area contributed by atoms with E-state index in [2.05, 4.69) is 5.32 Å². The Hall–Kier alpha value is -1.66. The highest BCUT2D eigenvalue weighted by Gasteiger charge is 2.31. The second-order valence-electron chi connectivity index (χ2n) is 5.09. The molecule has 0 spiro atoms. The summed E-state index contributed by atoms with van der Waals surface area (Å²) in [5.74, 6) is 0. The normalized spacial score (nSPS) is 22.2. The van der Waals surface area contributed by atoms with Gasteiger partial charge in [0.25, 0.3) is 0 Å². The Kier molecular flexibility index (Phi) is 5.95. The largest absolute Gasteiger partial charge is 0.465 e. The van der Waals surface area contributed by atoms with Crippen molar-refractivity contribution in [3.05, 3.63) is 35.9 Å². The summed E-state index contributed by atoms with van der Waals surface area (Å²) in [7, 11) is 0. The molecule has 0 unspecified atom stereocenters. The van der Waals surface area contributed by atoms with Crippen LogP contribution in [0.15, 0.2) is 30.3 Å². The van der Waals surface area contributed by atoms with Gasteiger partial charge >= 0.3 is 6.09 Å². The van der Waals surface area contributed by atoms with Gasteiger partial charge in [-0.1, -0.05) is 30.3 Å². The molecule has 1 amide bonds. The quantitative estimate of drug-likeness (QED) is 0.841. The van der Waals surface area contributed by atoms with Crippen LogP contribution in [0.25, 0.3) is 0 Å². The van der Waals surface area contributed by atoms with Crippen LogP contribution in [0.5, 0.6) is 0 Å². The maximum Gasteiger partial charge on any atom is 0.407 e. The second kappa shape index (κ2) is 7.95. The molecule has 1 aliphatic heterocycles. The lowest BCUT2D eigenvalue weighted by Crippen LogP contribution is -2.54. The third kappa shape index (κ3) is 4.68. The summed E-state index contributed by atoms with van der Waals surface area (Å²) in [5, 5.41) is 12.4. The number of rotatable bonds is 6. The lowest BCUT2D eigenvalue weighted by atomic mass is 10.0. The van der Waals surface area contributed by atoms with Crippen molar-refractivity contribution in [3.63, 3.8) is 0 Å². The highest BCUT2D eigenvalue weighted by molar-refractivity contribution is 5.65. The van der Waals surface area contributed by atoms with E-state index in [4.69, 9.17) is 9.84 Å². The number of hydrogen-bond acceptors (Lipinski definition) is 3. The first kappa shape index (κ1) is 15.7. The Morgan fingerprint density at radius 1 is 1.43 bits per heavy atom. The van der Waals surface area contributed by atoms with Crippen LogP contribution >= 0.6 is 0 Å². The van der Waals surface area contributed by atoms with Crippen molar-refractivity contribution in [1.82, 2.24) is 10.2 Å². The molecule has 116 valence electrons. The topological polar surface area (TPSA) is 61.8 Å². The molecular weight excluding hydrogens is 275 g/mol. The standard InChI is InChI=1S/C15H21FN2O3/c16-7-9-21-14-11-18(15(19)20)8-6-13(14)17-10-12-4-2-1-3-5-12/h1-5,13-14,17H,6-11H2,(H,19,20)/t13-,14+/m0/s1. The highest BCUT2D eigenvalue weighted by atomic mass is 19.1. The zero-order valence-electron chi connectivity index (χ0n) is 11.9. The number of carbonyl (C=O) groups is 1. The molecule has 2 N–H and O–H groups in total. The summed E-state index contributed by atoms with van der Waals surface area (Å²) in [6, 6.07) is 9.99. The zero-order valence-corrected chi connectivity index (χ0v) is 11.9. The van der Waals surface area contributed by atoms with E-state index in [1.54, 1.807) is 0 Å².